The fourth-order valence-electron chi connectivity index (χ4n) is 0.975. The van der Waals surface area contributed by atoms with Gasteiger partial charge in [0.15, 0.2) is 0 Å². The minimum atomic E-state index is 0. The third-order valence-electron chi connectivity index (χ3n) is 1.59. The quantitative estimate of drug-likeness (QED) is 0.246. The van der Waals surface area contributed by atoms with Gasteiger partial charge in [0.05, 0.1) is 13.6 Å². The molecule has 0 amide bonds. The fraction of sp³-hybridized carbons (Fsp3) is 0.500. The molecular weight excluding hydrogens is 664 g/mol. The van der Waals surface area contributed by atoms with Gasteiger partial charge in [0.2, 0.25) is 6.33 Å². The number of halogens is 3. The fourth-order valence-corrected chi connectivity index (χ4v) is 0.975. The summed E-state index contributed by atoms with van der Waals surface area (Å²) in [6.45, 7) is 7.36. The Hall–Kier alpha value is 1.36. The van der Waals surface area contributed by atoms with Crippen LogP contribution in [-0.4, -0.2) is 18.1 Å². The van der Waals surface area contributed by atoms with Gasteiger partial charge in [0.25, 0.3) is 0 Å². The number of nitrogens with zero attached hydrogens (tertiary/aromatic N) is 2. The topological polar surface area (TPSA) is 43.0 Å². The van der Waals surface area contributed by atoms with Crippen molar-refractivity contribution < 1.29 is 48.2 Å². The number of imidazole rings is 1. The molecule has 0 atom stereocenters. The molecule has 0 saturated heterocycles. The van der Waals surface area contributed by atoms with E-state index in [1.54, 1.807) is 0 Å². The van der Waals surface area contributed by atoms with E-state index in [0.717, 1.165) is 16.6 Å². The van der Waals surface area contributed by atoms with Crippen LogP contribution in [0.2, 0.25) is 0 Å². The Morgan fingerprint density at radius 1 is 1.28 bits per heavy atom. The van der Waals surface area contributed by atoms with E-state index >= 15 is 0 Å². The molecule has 0 saturated carbocycles. The first-order valence-corrected chi connectivity index (χ1v) is 14.4. The van der Waals surface area contributed by atoms with E-state index in [-0.39, 0.29) is 24.0 Å². The van der Waals surface area contributed by atoms with Gasteiger partial charge in [0.1, 0.15) is 26.0 Å². The van der Waals surface area contributed by atoms with Gasteiger partial charge < -0.3 is 33.6 Å². The zero-order chi connectivity index (χ0) is 14.1. The molecule has 0 N–H and O–H groups in total. The van der Waals surface area contributed by atoms with Crippen LogP contribution in [0.25, 0.3) is 0 Å². The maximum atomic E-state index is 8.00. The summed E-state index contributed by atoms with van der Waals surface area (Å²) < 4.78 is 4.28. The van der Waals surface area contributed by atoms with E-state index < -0.39 is 0 Å². The van der Waals surface area contributed by atoms with Crippen LogP contribution in [0.5, 0.6) is 0 Å². The van der Waals surface area contributed by atoms with E-state index in [4.69, 9.17) is 9.59 Å². The van der Waals surface area contributed by atoms with Crippen molar-refractivity contribution in [3.8, 4) is 0 Å². The van der Waals surface area contributed by atoms with Crippen LogP contribution in [0, 0.1) is 0 Å². The Kier molecular flexibility index (Phi) is 41.2. The second-order valence-corrected chi connectivity index (χ2v) is 15.3. The second-order valence-electron chi connectivity index (χ2n) is 2.72. The van der Waals surface area contributed by atoms with Crippen LogP contribution >= 0.6 is 39.5 Å². The number of aryl methyl sites for hydroxylation is 2. The predicted octanol–water partition coefficient (Wildman–Crippen LogP) is -0.484. The molecular formula is C10H19I3N2O2Rh. The minimum absolute atomic E-state index is 0. The van der Waals surface area contributed by atoms with Gasteiger partial charge in [-0.2, -0.15) is 0 Å². The monoisotopic (exact) mass is 683 g/mol. The van der Waals surface area contributed by atoms with Crippen molar-refractivity contribution in [2.24, 2.45) is 7.05 Å². The van der Waals surface area contributed by atoms with Crippen LogP contribution in [0.15, 0.2) is 18.7 Å². The standard InChI is InChI=1S/C8H15N2.2CH2O.3HI.Rh/c1-3-4-5-10-7-6-9(2)8-10;2*1-2;;;;/h6-8H,3-5H2,1-2H3;2*1H2;3*1H;/q+1;;;;;;+2/p-3. The Morgan fingerprint density at radius 3 is 2.00 bits per heavy atom. The van der Waals surface area contributed by atoms with Gasteiger partial charge in [-0.05, 0) is 6.42 Å². The molecule has 0 fully saturated rings. The number of unbranched alkanes of at least 4 members (excludes halogenated alkanes) is 1. The third kappa shape index (κ3) is 22.5. The molecule has 1 aromatic rings. The molecule has 111 valence electrons. The average molecular weight is 683 g/mol. The van der Waals surface area contributed by atoms with Crippen molar-refractivity contribution in [3.05, 3.63) is 18.7 Å². The molecule has 1 heterocycles. The first kappa shape index (κ1) is 27.7. The molecule has 0 aliphatic carbocycles. The Balaban J connectivity index is -0.000000106. The van der Waals surface area contributed by atoms with E-state index in [1.165, 1.54) is 12.8 Å². The van der Waals surface area contributed by atoms with E-state index in [1.807, 2.05) is 20.6 Å². The first-order valence-electron chi connectivity index (χ1n) is 4.67. The maximum absolute atomic E-state index is 8.00. The Morgan fingerprint density at radius 2 is 1.72 bits per heavy atom. The summed E-state index contributed by atoms with van der Waals surface area (Å²) in [5.41, 5.74) is 0. The average Bonchev–Trinajstić information content (AvgIpc) is 2.79. The molecule has 1 aromatic heterocycles. The van der Waals surface area contributed by atoms with Crippen molar-refractivity contribution >= 4 is 53.1 Å². The second kappa shape index (κ2) is 26.8. The molecule has 0 aliphatic rings. The van der Waals surface area contributed by atoms with Crippen LogP contribution in [-0.2, 0) is 33.3 Å². The summed E-state index contributed by atoms with van der Waals surface area (Å²) in [4.78, 5) is 16.0. The molecule has 0 spiro atoms. The van der Waals surface area contributed by atoms with Gasteiger partial charge in [-0.3, -0.25) is 0 Å². The molecule has 4 nitrogen and oxygen atoms in total. The van der Waals surface area contributed by atoms with Crippen LogP contribution < -0.4 is 28.5 Å². The molecule has 18 heavy (non-hydrogen) atoms. The van der Waals surface area contributed by atoms with Gasteiger partial charge in [-0.15, -0.1) is 0 Å². The van der Waals surface area contributed by atoms with Crippen molar-refractivity contribution in [2.75, 3.05) is 0 Å². The van der Waals surface area contributed by atoms with E-state index in [9.17, 15) is 0 Å². The van der Waals surface area contributed by atoms with Crippen LogP contribution in [0.1, 0.15) is 19.8 Å². The van der Waals surface area contributed by atoms with Gasteiger partial charge >= 0.3 is 49.6 Å². The molecule has 8 heteroatoms. The Labute approximate surface area is 156 Å². The Bertz CT molecular complexity index is 251. The molecule has 0 unspecified atom stereocenters. The molecule has 1 rings (SSSR count). The van der Waals surface area contributed by atoms with Crippen molar-refractivity contribution in [3.63, 3.8) is 0 Å². The van der Waals surface area contributed by atoms with Crippen LogP contribution in [0.3, 0.4) is 0 Å². The zero-order valence-electron chi connectivity index (χ0n) is 10.4. The normalized spacial score (nSPS) is 7.33. The summed E-state index contributed by atoms with van der Waals surface area (Å²) in [5, 5.41) is 0. The molecule has 0 bridgehead atoms. The number of carbonyl (C=O) groups excluding carboxylic acids is 2. The van der Waals surface area contributed by atoms with Crippen molar-refractivity contribution in [1.82, 2.24) is 4.57 Å². The van der Waals surface area contributed by atoms with Crippen LogP contribution in [0.4, 0.5) is 0 Å². The number of rotatable bonds is 3. The van der Waals surface area contributed by atoms with Gasteiger partial charge in [0, 0.05) is 0 Å². The molecule has 0 aliphatic heterocycles. The van der Waals surface area contributed by atoms with E-state index in [2.05, 4.69) is 74.3 Å². The number of hydrogen-bond acceptors (Lipinski definition) is 2. The summed E-state index contributed by atoms with van der Waals surface area (Å²) in [6, 6.07) is 0. The zero-order valence-corrected chi connectivity index (χ0v) is 18.6. The molecule has 0 radical (unpaired) electrons. The first-order chi connectivity index (χ1) is 8.24. The third-order valence-corrected chi connectivity index (χ3v) is 1.59. The number of carbonyl (C=O) groups is 2. The number of hydrogen-bond donors (Lipinski definition) is 0. The summed E-state index contributed by atoms with van der Waals surface area (Å²) >= 11 is 4.69. The van der Waals surface area contributed by atoms with Gasteiger partial charge in [-0.1, -0.05) is 13.3 Å². The van der Waals surface area contributed by atoms with Gasteiger partial charge in [-0.25, -0.2) is 9.13 Å². The van der Waals surface area contributed by atoms with Crippen molar-refractivity contribution in [2.45, 2.75) is 26.3 Å². The molecule has 0 aromatic carbocycles. The summed E-state index contributed by atoms with van der Waals surface area (Å²) in [5.74, 6) is 0. The SMILES string of the molecule is C=O.C=O.CCCCn1cc[n+](C)c1.[I-].[I][Rh][I]. The predicted molar refractivity (Wildman–Crippen MR) is 82.8 cm³/mol. The van der Waals surface area contributed by atoms with Crippen molar-refractivity contribution in [1.29, 1.82) is 0 Å². The number of aromatic nitrogens is 2. The summed E-state index contributed by atoms with van der Waals surface area (Å²) in [7, 11) is 2.81. The summed E-state index contributed by atoms with van der Waals surface area (Å²) in [6.07, 6.45) is 8.82. The van der Waals surface area contributed by atoms with E-state index in [0.29, 0.717) is 0 Å².